The summed E-state index contributed by atoms with van der Waals surface area (Å²) in [6, 6.07) is 9.81. The Morgan fingerprint density at radius 2 is 2.22 bits per heavy atom. The van der Waals surface area contributed by atoms with Crippen molar-refractivity contribution in [1.82, 2.24) is 9.88 Å². The Balaban J connectivity index is 2.10. The lowest BCUT2D eigenvalue weighted by atomic mass is 10.2. The molecule has 0 radical (unpaired) electrons. The summed E-state index contributed by atoms with van der Waals surface area (Å²) in [7, 11) is 1.83. The average molecular weight is 242 g/mol. The van der Waals surface area contributed by atoms with Crippen molar-refractivity contribution in [1.29, 1.82) is 0 Å². The molecule has 0 aliphatic heterocycles. The number of nitrogens with one attached hydrogen (secondary N) is 1. The molecule has 0 aliphatic rings. The number of unbranched alkanes of at least 4 members (excludes halogenated alkanes) is 1. The van der Waals surface area contributed by atoms with E-state index in [2.05, 4.69) is 11.6 Å². The Bertz CT molecular complexity index is 523. The molecule has 1 N–H and O–H groups in total. The van der Waals surface area contributed by atoms with Gasteiger partial charge in [-0.1, -0.05) is 24.3 Å². The summed E-state index contributed by atoms with van der Waals surface area (Å²) >= 11 is 0. The number of hydrogen-bond acceptors (Lipinski definition) is 1. The van der Waals surface area contributed by atoms with E-state index in [4.69, 9.17) is 0 Å². The molecule has 0 unspecified atom stereocenters. The minimum absolute atomic E-state index is 0.0373. The van der Waals surface area contributed by atoms with Crippen LogP contribution in [0.4, 0.5) is 0 Å². The van der Waals surface area contributed by atoms with Crippen LogP contribution in [0.1, 0.15) is 23.3 Å². The van der Waals surface area contributed by atoms with Gasteiger partial charge in [0.25, 0.3) is 5.91 Å². The number of rotatable bonds is 5. The molecule has 94 valence electrons. The zero-order chi connectivity index (χ0) is 13.0. The summed E-state index contributed by atoms with van der Waals surface area (Å²) in [6.45, 7) is 4.43. The fourth-order valence-electron chi connectivity index (χ4n) is 1.97. The van der Waals surface area contributed by atoms with Crippen molar-refractivity contribution in [2.24, 2.45) is 0 Å². The van der Waals surface area contributed by atoms with Crippen LogP contribution >= 0.6 is 0 Å². The maximum Gasteiger partial charge on any atom is 0.270 e. The Morgan fingerprint density at radius 1 is 1.44 bits per heavy atom. The molecule has 0 saturated heterocycles. The molecule has 1 aromatic carbocycles. The summed E-state index contributed by atoms with van der Waals surface area (Å²) in [5, 5.41) is 1.07. The molecular formula is C15H18N2O. The van der Waals surface area contributed by atoms with Gasteiger partial charge in [0.1, 0.15) is 5.69 Å². The van der Waals surface area contributed by atoms with Gasteiger partial charge in [-0.05, 0) is 25.0 Å². The zero-order valence-corrected chi connectivity index (χ0v) is 10.6. The predicted molar refractivity (Wildman–Crippen MR) is 74.7 cm³/mol. The van der Waals surface area contributed by atoms with Crippen molar-refractivity contribution in [3.63, 3.8) is 0 Å². The maximum absolute atomic E-state index is 12.2. The smallest absolute Gasteiger partial charge is 0.270 e. The third kappa shape index (κ3) is 2.62. The van der Waals surface area contributed by atoms with Crippen molar-refractivity contribution in [2.75, 3.05) is 13.6 Å². The largest absolute Gasteiger partial charge is 0.351 e. The number of fused-ring (bicyclic) bond motifs is 1. The Hall–Kier alpha value is -2.03. The van der Waals surface area contributed by atoms with Gasteiger partial charge in [-0.15, -0.1) is 6.58 Å². The van der Waals surface area contributed by atoms with Gasteiger partial charge < -0.3 is 9.88 Å². The molecule has 0 saturated carbocycles. The van der Waals surface area contributed by atoms with Crippen LogP contribution in [0.2, 0.25) is 0 Å². The second-order valence-corrected chi connectivity index (χ2v) is 4.43. The molecule has 2 aromatic rings. The average Bonchev–Trinajstić information content (AvgIpc) is 2.81. The first-order valence-corrected chi connectivity index (χ1v) is 6.16. The van der Waals surface area contributed by atoms with Crippen molar-refractivity contribution in [3.05, 3.63) is 48.7 Å². The number of amides is 1. The molecule has 0 atom stereocenters. The Labute approximate surface area is 107 Å². The van der Waals surface area contributed by atoms with Crippen LogP contribution < -0.4 is 0 Å². The minimum atomic E-state index is 0.0373. The number of allylic oxidation sites excluding steroid dienone is 1. The molecule has 0 fully saturated rings. The second kappa shape index (κ2) is 5.54. The van der Waals surface area contributed by atoms with E-state index in [0.29, 0.717) is 5.69 Å². The van der Waals surface area contributed by atoms with Gasteiger partial charge in [-0.25, -0.2) is 0 Å². The highest BCUT2D eigenvalue weighted by Crippen LogP contribution is 2.15. The number of H-pyrrole nitrogens is 1. The zero-order valence-electron chi connectivity index (χ0n) is 10.6. The lowest BCUT2D eigenvalue weighted by Crippen LogP contribution is -2.27. The van der Waals surface area contributed by atoms with Crippen molar-refractivity contribution >= 4 is 16.8 Å². The first-order valence-electron chi connectivity index (χ1n) is 6.16. The van der Waals surface area contributed by atoms with Gasteiger partial charge in [0.05, 0.1) is 0 Å². The number of para-hydroxylation sites is 1. The molecule has 2 rings (SSSR count). The second-order valence-electron chi connectivity index (χ2n) is 4.43. The summed E-state index contributed by atoms with van der Waals surface area (Å²) < 4.78 is 0. The number of carbonyl (C=O) groups excluding carboxylic acids is 1. The van der Waals surface area contributed by atoms with E-state index in [0.717, 1.165) is 30.3 Å². The van der Waals surface area contributed by atoms with Crippen molar-refractivity contribution in [3.8, 4) is 0 Å². The van der Waals surface area contributed by atoms with Crippen molar-refractivity contribution in [2.45, 2.75) is 12.8 Å². The quantitative estimate of drug-likeness (QED) is 0.634. The van der Waals surface area contributed by atoms with Crippen LogP contribution in [-0.2, 0) is 0 Å². The van der Waals surface area contributed by atoms with Gasteiger partial charge in [0.15, 0.2) is 0 Å². The van der Waals surface area contributed by atoms with E-state index in [1.165, 1.54) is 0 Å². The van der Waals surface area contributed by atoms with Gasteiger partial charge in [0.2, 0.25) is 0 Å². The van der Waals surface area contributed by atoms with E-state index < -0.39 is 0 Å². The summed E-state index contributed by atoms with van der Waals surface area (Å²) in [6.07, 6.45) is 3.76. The highest BCUT2D eigenvalue weighted by atomic mass is 16.2. The molecule has 3 nitrogen and oxygen atoms in total. The lowest BCUT2D eigenvalue weighted by molar-refractivity contribution is 0.0789. The fraction of sp³-hybridized carbons (Fsp3) is 0.267. The lowest BCUT2D eigenvalue weighted by Gasteiger charge is -2.15. The molecule has 0 bridgehead atoms. The van der Waals surface area contributed by atoms with Crippen LogP contribution in [-0.4, -0.2) is 29.4 Å². The normalized spacial score (nSPS) is 10.5. The molecule has 1 aromatic heterocycles. The molecule has 0 aliphatic carbocycles. The Kier molecular flexibility index (Phi) is 3.82. The Morgan fingerprint density at radius 3 is 2.94 bits per heavy atom. The van der Waals surface area contributed by atoms with Crippen LogP contribution in [0.25, 0.3) is 10.9 Å². The monoisotopic (exact) mass is 242 g/mol. The molecule has 0 spiro atoms. The van der Waals surface area contributed by atoms with E-state index in [9.17, 15) is 4.79 Å². The summed E-state index contributed by atoms with van der Waals surface area (Å²) in [5.41, 5.74) is 1.65. The van der Waals surface area contributed by atoms with Gasteiger partial charge in [-0.2, -0.15) is 0 Å². The fourth-order valence-corrected chi connectivity index (χ4v) is 1.97. The number of carbonyl (C=O) groups is 1. The number of hydrogen-bond donors (Lipinski definition) is 1. The van der Waals surface area contributed by atoms with E-state index >= 15 is 0 Å². The van der Waals surface area contributed by atoms with Crippen molar-refractivity contribution < 1.29 is 4.79 Å². The van der Waals surface area contributed by atoms with E-state index in [1.807, 2.05) is 43.5 Å². The topological polar surface area (TPSA) is 36.1 Å². The molecule has 1 heterocycles. The molecule has 1 amide bonds. The van der Waals surface area contributed by atoms with Gasteiger partial charge in [0, 0.05) is 24.5 Å². The number of benzene rings is 1. The first-order chi connectivity index (χ1) is 8.72. The third-order valence-corrected chi connectivity index (χ3v) is 3.01. The molecule has 18 heavy (non-hydrogen) atoms. The predicted octanol–water partition coefficient (Wildman–Crippen LogP) is 3.21. The summed E-state index contributed by atoms with van der Waals surface area (Å²) in [4.78, 5) is 17.1. The number of nitrogens with zero attached hydrogens (tertiary/aromatic N) is 1. The maximum atomic E-state index is 12.2. The van der Waals surface area contributed by atoms with Crippen LogP contribution in [0, 0.1) is 0 Å². The highest BCUT2D eigenvalue weighted by Gasteiger charge is 2.13. The standard InChI is InChI=1S/C15H18N2O/c1-3-4-7-10-17(2)15(18)14-11-12-8-5-6-9-13(12)16-14/h3,5-6,8-9,11,16H,1,4,7,10H2,2H3. The summed E-state index contributed by atoms with van der Waals surface area (Å²) in [5.74, 6) is 0.0373. The van der Waals surface area contributed by atoms with Crippen LogP contribution in [0.15, 0.2) is 43.0 Å². The van der Waals surface area contributed by atoms with Crippen LogP contribution in [0.3, 0.4) is 0 Å². The SMILES string of the molecule is C=CCCCN(C)C(=O)c1cc2ccccc2[nH]1. The van der Waals surface area contributed by atoms with Crippen LogP contribution in [0.5, 0.6) is 0 Å². The minimum Gasteiger partial charge on any atom is -0.351 e. The van der Waals surface area contributed by atoms with Gasteiger partial charge in [-0.3, -0.25) is 4.79 Å². The number of aromatic amines is 1. The highest BCUT2D eigenvalue weighted by molar-refractivity contribution is 5.97. The molecular weight excluding hydrogens is 224 g/mol. The third-order valence-electron chi connectivity index (χ3n) is 3.01. The van der Waals surface area contributed by atoms with E-state index in [1.54, 1.807) is 4.90 Å². The number of aromatic nitrogens is 1. The first kappa shape index (κ1) is 12.4. The molecule has 3 heteroatoms. The van der Waals surface area contributed by atoms with E-state index in [-0.39, 0.29) is 5.91 Å². The van der Waals surface area contributed by atoms with Gasteiger partial charge >= 0.3 is 0 Å².